The summed E-state index contributed by atoms with van der Waals surface area (Å²) in [5, 5.41) is 12.4. The number of piperazine rings is 1. The van der Waals surface area contributed by atoms with Crippen LogP contribution in [0.4, 0.5) is 20.3 Å². The lowest BCUT2D eigenvalue weighted by Gasteiger charge is -2.38. The molecule has 7 nitrogen and oxygen atoms in total. The van der Waals surface area contributed by atoms with Crippen LogP contribution in [-0.4, -0.2) is 40.8 Å². The number of nitrogens with one attached hydrogen (secondary N) is 1. The first kappa shape index (κ1) is 18.7. The minimum absolute atomic E-state index is 0.0309. The van der Waals surface area contributed by atoms with E-state index in [1.165, 1.54) is 4.57 Å². The Labute approximate surface area is 159 Å². The van der Waals surface area contributed by atoms with Crippen LogP contribution in [0.15, 0.2) is 10.9 Å². The molecule has 150 valence electrons. The van der Waals surface area contributed by atoms with Gasteiger partial charge in [-0.25, -0.2) is 13.6 Å². The molecular formula is C19H22F2N4O3. The smallest absolute Gasteiger partial charge is 0.343 e. The van der Waals surface area contributed by atoms with E-state index in [1.807, 2.05) is 13.8 Å². The van der Waals surface area contributed by atoms with Crippen molar-refractivity contribution in [2.45, 2.75) is 44.8 Å². The summed E-state index contributed by atoms with van der Waals surface area (Å²) in [6.07, 6.45) is 1.38. The average molecular weight is 392 g/mol. The van der Waals surface area contributed by atoms with Gasteiger partial charge in [-0.05, 0) is 32.8 Å². The molecule has 2 fully saturated rings. The molecule has 2 atom stereocenters. The van der Waals surface area contributed by atoms with Crippen molar-refractivity contribution in [3.8, 4) is 0 Å². The molecule has 1 aromatic carbocycles. The van der Waals surface area contributed by atoms with Crippen LogP contribution in [0, 0.1) is 11.6 Å². The number of fused-ring (bicyclic) bond motifs is 1. The zero-order valence-electron chi connectivity index (χ0n) is 15.6. The maximum absolute atomic E-state index is 15.6. The van der Waals surface area contributed by atoms with Gasteiger partial charge in [-0.3, -0.25) is 4.79 Å². The Hall–Kier alpha value is -2.68. The second kappa shape index (κ2) is 6.44. The van der Waals surface area contributed by atoms with E-state index < -0.39 is 28.6 Å². The van der Waals surface area contributed by atoms with Crippen molar-refractivity contribution in [1.29, 1.82) is 0 Å². The Bertz CT molecular complexity index is 1040. The fraction of sp³-hybridized carbons (Fsp3) is 0.474. The molecule has 9 heteroatoms. The normalized spacial score (nSPS) is 22.6. The summed E-state index contributed by atoms with van der Waals surface area (Å²) in [6.45, 7) is 4.66. The van der Waals surface area contributed by atoms with E-state index in [0.29, 0.717) is 25.9 Å². The van der Waals surface area contributed by atoms with Gasteiger partial charge in [-0.15, -0.1) is 0 Å². The molecule has 0 bridgehead atoms. The number of nitrogen functional groups attached to an aromatic ring is 1. The third kappa shape index (κ3) is 2.81. The van der Waals surface area contributed by atoms with Crippen molar-refractivity contribution in [2.75, 3.05) is 23.7 Å². The first-order chi connectivity index (χ1) is 13.2. The Morgan fingerprint density at radius 2 is 1.86 bits per heavy atom. The number of benzene rings is 1. The minimum atomic E-state index is -1.51. The number of anilines is 2. The molecule has 1 aromatic heterocycles. The maximum Gasteiger partial charge on any atom is 0.343 e. The summed E-state index contributed by atoms with van der Waals surface area (Å²) in [5.74, 6) is -3.55. The Morgan fingerprint density at radius 3 is 2.39 bits per heavy atom. The van der Waals surface area contributed by atoms with Gasteiger partial charge in [0.25, 0.3) is 0 Å². The highest BCUT2D eigenvalue weighted by Crippen LogP contribution is 2.42. The maximum atomic E-state index is 15.6. The predicted octanol–water partition coefficient (Wildman–Crippen LogP) is 2.08. The number of carboxylic acids is 1. The van der Waals surface area contributed by atoms with E-state index in [1.54, 1.807) is 4.90 Å². The number of hydrogen-bond acceptors (Lipinski definition) is 5. The fourth-order valence-corrected chi connectivity index (χ4v) is 4.22. The van der Waals surface area contributed by atoms with E-state index in [0.717, 1.165) is 6.07 Å². The van der Waals surface area contributed by atoms with Gasteiger partial charge in [0.05, 0.1) is 10.9 Å². The molecule has 4 rings (SSSR count). The number of aromatic carboxylic acids is 1. The molecule has 1 saturated heterocycles. The molecule has 4 N–H and O–H groups in total. The van der Waals surface area contributed by atoms with Gasteiger partial charge in [0.2, 0.25) is 5.43 Å². The molecule has 1 aliphatic heterocycles. The van der Waals surface area contributed by atoms with Crippen LogP contribution in [0.2, 0.25) is 0 Å². The Kier molecular flexibility index (Phi) is 4.29. The average Bonchev–Trinajstić information content (AvgIpc) is 3.40. The standard InChI is InChI=1S/C19H22F2N4O3/c1-8-6-24(7-9(2)23-8)16-12(20)5-11-15(14(16)21)25(10-3-4-10)18(22)13(17(11)26)19(27)28/h5,8-10,23H,3-4,6-7,22H2,1-2H3,(H,27,28). The SMILES string of the molecule is CC1CN(c2c(F)cc3c(=O)c(C(=O)O)c(N)n(C4CC4)c3c2F)CC(C)N1. The monoisotopic (exact) mass is 392 g/mol. The zero-order valence-corrected chi connectivity index (χ0v) is 15.6. The van der Waals surface area contributed by atoms with Gasteiger partial charge in [0, 0.05) is 31.2 Å². The molecule has 0 amide bonds. The number of nitrogens with zero attached hydrogens (tertiary/aromatic N) is 2. The molecular weight excluding hydrogens is 370 g/mol. The zero-order chi connectivity index (χ0) is 20.3. The second-order valence-corrected chi connectivity index (χ2v) is 7.79. The molecule has 28 heavy (non-hydrogen) atoms. The number of pyridine rings is 1. The molecule has 2 aliphatic rings. The van der Waals surface area contributed by atoms with Gasteiger partial charge >= 0.3 is 5.97 Å². The van der Waals surface area contributed by atoms with E-state index in [9.17, 15) is 19.1 Å². The van der Waals surface area contributed by atoms with Gasteiger partial charge in [-0.1, -0.05) is 0 Å². The predicted molar refractivity (Wildman–Crippen MR) is 102 cm³/mol. The van der Waals surface area contributed by atoms with Crippen LogP contribution in [0.5, 0.6) is 0 Å². The topological polar surface area (TPSA) is 101 Å². The van der Waals surface area contributed by atoms with Gasteiger partial charge in [0.15, 0.2) is 5.82 Å². The molecule has 0 spiro atoms. The number of halogens is 2. The first-order valence-electron chi connectivity index (χ1n) is 9.30. The van der Waals surface area contributed by atoms with Crippen LogP contribution < -0.4 is 21.4 Å². The third-order valence-electron chi connectivity index (χ3n) is 5.40. The van der Waals surface area contributed by atoms with Crippen molar-refractivity contribution < 1.29 is 18.7 Å². The van der Waals surface area contributed by atoms with Crippen molar-refractivity contribution in [3.63, 3.8) is 0 Å². The van der Waals surface area contributed by atoms with Crippen molar-refractivity contribution in [2.24, 2.45) is 0 Å². The van der Waals surface area contributed by atoms with Crippen LogP contribution in [-0.2, 0) is 0 Å². The molecule has 2 heterocycles. The summed E-state index contributed by atoms with van der Waals surface area (Å²) >= 11 is 0. The Balaban J connectivity index is 2.03. The number of hydrogen-bond donors (Lipinski definition) is 3. The number of carbonyl (C=O) groups is 1. The lowest BCUT2D eigenvalue weighted by molar-refractivity contribution is 0.0696. The molecule has 1 aliphatic carbocycles. The number of nitrogens with two attached hydrogens (primary N) is 1. The second-order valence-electron chi connectivity index (χ2n) is 7.79. The van der Waals surface area contributed by atoms with Crippen molar-refractivity contribution in [3.05, 3.63) is 33.5 Å². The van der Waals surface area contributed by atoms with Crippen LogP contribution in [0.1, 0.15) is 43.1 Å². The highest BCUT2D eigenvalue weighted by atomic mass is 19.1. The minimum Gasteiger partial charge on any atom is -0.477 e. The number of aromatic nitrogens is 1. The highest BCUT2D eigenvalue weighted by molar-refractivity contribution is 5.99. The fourth-order valence-electron chi connectivity index (χ4n) is 4.22. The summed E-state index contributed by atoms with van der Waals surface area (Å²) in [4.78, 5) is 25.8. The summed E-state index contributed by atoms with van der Waals surface area (Å²) in [7, 11) is 0. The van der Waals surface area contributed by atoms with Gasteiger partial charge in [0.1, 0.15) is 22.9 Å². The van der Waals surface area contributed by atoms with Gasteiger partial charge in [-0.2, -0.15) is 0 Å². The largest absolute Gasteiger partial charge is 0.477 e. The van der Waals surface area contributed by atoms with E-state index in [-0.39, 0.29) is 40.5 Å². The lowest BCUT2D eigenvalue weighted by atomic mass is 10.1. The molecule has 2 aromatic rings. The third-order valence-corrected chi connectivity index (χ3v) is 5.40. The summed E-state index contributed by atoms with van der Waals surface area (Å²) in [6, 6.07) is 0.805. The van der Waals surface area contributed by atoms with Crippen molar-refractivity contribution >= 4 is 28.4 Å². The van der Waals surface area contributed by atoms with Crippen LogP contribution in [0.25, 0.3) is 10.9 Å². The molecule has 2 unspecified atom stereocenters. The van der Waals surface area contributed by atoms with Crippen molar-refractivity contribution in [1.82, 2.24) is 9.88 Å². The highest BCUT2D eigenvalue weighted by Gasteiger charge is 2.34. The number of carboxylic acid groups (broad SMARTS) is 1. The Morgan fingerprint density at radius 1 is 1.25 bits per heavy atom. The quantitative estimate of drug-likeness (QED) is 0.740. The van der Waals surface area contributed by atoms with E-state index in [4.69, 9.17) is 5.73 Å². The molecule has 1 saturated carbocycles. The summed E-state index contributed by atoms with van der Waals surface area (Å²) < 4.78 is 32.0. The van der Waals surface area contributed by atoms with E-state index >= 15 is 4.39 Å². The lowest BCUT2D eigenvalue weighted by Crippen LogP contribution is -2.54. The van der Waals surface area contributed by atoms with Crippen LogP contribution >= 0.6 is 0 Å². The van der Waals surface area contributed by atoms with E-state index in [2.05, 4.69) is 5.32 Å². The number of rotatable bonds is 3. The van der Waals surface area contributed by atoms with Gasteiger partial charge < -0.3 is 25.6 Å². The molecule has 0 radical (unpaired) electrons. The summed E-state index contributed by atoms with van der Waals surface area (Å²) in [5.41, 5.74) is 4.03. The van der Waals surface area contributed by atoms with Crippen LogP contribution in [0.3, 0.4) is 0 Å². The first-order valence-corrected chi connectivity index (χ1v) is 9.30.